The van der Waals surface area contributed by atoms with Gasteiger partial charge in [0.15, 0.2) is 5.65 Å². The van der Waals surface area contributed by atoms with Crippen molar-refractivity contribution in [3.63, 3.8) is 0 Å². The third kappa shape index (κ3) is 3.52. The number of furan rings is 2. The molecule has 0 saturated carbocycles. The molecule has 7 aromatic carbocycles. The lowest BCUT2D eigenvalue weighted by molar-refractivity contribution is 0.668. The average Bonchev–Trinajstić information content (AvgIpc) is 3.98. The molecule has 0 aliphatic carbocycles. The van der Waals surface area contributed by atoms with Crippen molar-refractivity contribution < 1.29 is 8.83 Å². The standard InChI is InChI=1S/C45H26N4O2/c1-2-12-27(13-3-1)28-24-25-33-36(26-28)49-43-29-14-4-7-17-32(29)47(34-18-10-22-39-41(34)30-15-5-8-20-37(30)50-39)44(43)46-45(49)48(33)35-19-11-23-40-42(35)31-16-6-9-21-38(31)51-40/h1-26H. The molecular formula is C45H26N4O2. The van der Waals surface area contributed by atoms with Gasteiger partial charge in [-0.15, -0.1) is 0 Å². The number of fused-ring (bicyclic) bond motifs is 13. The zero-order valence-electron chi connectivity index (χ0n) is 27.1. The second kappa shape index (κ2) is 9.77. The van der Waals surface area contributed by atoms with E-state index in [1.807, 2.05) is 30.3 Å². The molecule has 0 radical (unpaired) electrons. The summed E-state index contributed by atoms with van der Waals surface area (Å²) in [5.41, 5.74) is 13.0. The third-order valence-electron chi connectivity index (χ3n) is 10.5. The Bertz CT molecular complexity index is 3370. The maximum Gasteiger partial charge on any atom is 0.222 e. The molecule has 0 amide bonds. The molecule has 0 spiro atoms. The highest BCUT2D eigenvalue weighted by atomic mass is 16.3. The summed E-state index contributed by atoms with van der Waals surface area (Å²) in [6.07, 6.45) is 0. The Labute approximate surface area is 289 Å². The zero-order chi connectivity index (χ0) is 33.2. The molecule has 0 aliphatic heterocycles. The van der Waals surface area contributed by atoms with Crippen molar-refractivity contribution in [3.8, 4) is 22.5 Å². The first-order valence-electron chi connectivity index (χ1n) is 17.1. The summed E-state index contributed by atoms with van der Waals surface area (Å²) >= 11 is 0. The Balaban J connectivity index is 1.28. The van der Waals surface area contributed by atoms with Crippen LogP contribution < -0.4 is 0 Å². The van der Waals surface area contributed by atoms with Crippen molar-refractivity contribution in [1.29, 1.82) is 0 Å². The van der Waals surface area contributed by atoms with Crippen molar-refractivity contribution in [2.24, 2.45) is 0 Å². The molecule has 0 bridgehead atoms. The predicted octanol–water partition coefficient (Wildman–Crippen LogP) is 11.8. The second-order valence-corrected chi connectivity index (χ2v) is 13.2. The van der Waals surface area contributed by atoms with E-state index in [0.29, 0.717) is 0 Å². The fourth-order valence-corrected chi connectivity index (χ4v) is 8.33. The van der Waals surface area contributed by atoms with Crippen LogP contribution in [0, 0.1) is 0 Å². The summed E-state index contributed by atoms with van der Waals surface area (Å²) in [6.45, 7) is 0. The van der Waals surface area contributed by atoms with Gasteiger partial charge in [-0.25, -0.2) is 0 Å². The van der Waals surface area contributed by atoms with Gasteiger partial charge in [0.1, 0.15) is 27.8 Å². The number of imidazole rings is 2. The van der Waals surface area contributed by atoms with Crippen molar-refractivity contribution in [2.75, 3.05) is 0 Å². The number of rotatable bonds is 3. The predicted molar refractivity (Wildman–Crippen MR) is 206 cm³/mol. The van der Waals surface area contributed by atoms with E-state index >= 15 is 0 Å². The highest BCUT2D eigenvalue weighted by molar-refractivity contribution is 6.15. The molecule has 5 heterocycles. The highest BCUT2D eigenvalue weighted by Crippen LogP contribution is 2.42. The van der Waals surface area contributed by atoms with Crippen LogP contribution in [0.5, 0.6) is 0 Å². The zero-order valence-corrected chi connectivity index (χ0v) is 27.1. The molecule has 12 aromatic rings. The topological polar surface area (TPSA) is 53.4 Å². The van der Waals surface area contributed by atoms with Crippen LogP contribution in [0.2, 0.25) is 0 Å². The van der Waals surface area contributed by atoms with Crippen LogP contribution in [0.15, 0.2) is 167 Å². The summed E-state index contributed by atoms with van der Waals surface area (Å²) in [6, 6.07) is 55.1. The Morgan fingerprint density at radius 3 is 1.71 bits per heavy atom. The minimum absolute atomic E-state index is 0.835. The van der Waals surface area contributed by atoms with Crippen LogP contribution in [-0.2, 0) is 0 Å². The lowest BCUT2D eigenvalue weighted by Gasteiger charge is -2.09. The Morgan fingerprint density at radius 1 is 0.412 bits per heavy atom. The smallest absolute Gasteiger partial charge is 0.222 e. The summed E-state index contributed by atoms with van der Waals surface area (Å²) in [5.74, 6) is 0.835. The summed E-state index contributed by atoms with van der Waals surface area (Å²) in [4.78, 5) is 5.61. The third-order valence-corrected chi connectivity index (χ3v) is 10.5. The van der Waals surface area contributed by atoms with E-state index in [4.69, 9.17) is 13.8 Å². The van der Waals surface area contributed by atoms with Gasteiger partial charge < -0.3 is 8.83 Å². The highest BCUT2D eigenvalue weighted by Gasteiger charge is 2.26. The fourth-order valence-electron chi connectivity index (χ4n) is 8.33. The fraction of sp³-hybridized carbons (Fsp3) is 0. The first-order valence-corrected chi connectivity index (χ1v) is 17.1. The van der Waals surface area contributed by atoms with Crippen molar-refractivity contribution >= 4 is 82.8 Å². The van der Waals surface area contributed by atoms with E-state index in [1.54, 1.807) is 0 Å². The van der Waals surface area contributed by atoms with Crippen LogP contribution in [0.1, 0.15) is 0 Å². The van der Waals surface area contributed by atoms with Gasteiger partial charge in [-0.05, 0) is 65.7 Å². The van der Waals surface area contributed by atoms with E-state index in [2.05, 4.69) is 141 Å². The first-order chi connectivity index (χ1) is 25.3. The number of para-hydroxylation sites is 3. The quantitative estimate of drug-likeness (QED) is 0.190. The van der Waals surface area contributed by atoms with Gasteiger partial charge in [0.25, 0.3) is 0 Å². The largest absolute Gasteiger partial charge is 0.456 e. The van der Waals surface area contributed by atoms with Gasteiger partial charge in [0.05, 0.1) is 38.7 Å². The van der Waals surface area contributed by atoms with Gasteiger partial charge >= 0.3 is 0 Å². The van der Waals surface area contributed by atoms with Gasteiger partial charge in [-0.2, -0.15) is 4.98 Å². The van der Waals surface area contributed by atoms with Crippen LogP contribution in [-0.4, -0.2) is 18.5 Å². The molecule has 51 heavy (non-hydrogen) atoms. The molecule has 0 fully saturated rings. The molecule has 5 aromatic heterocycles. The molecule has 12 rings (SSSR count). The number of hydrogen-bond donors (Lipinski definition) is 0. The van der Waals surface area contributed by atoms with E-state index in [0.717, 1.165) is 99.7 Å². The Hall–Kier alpha value is -7.05. The SMILES string of the molecule is c1ccc(-c2ccc3c(c2)n2c4c5ccccc5n(-c5cccc6oc7ccccc7c56)c4nc2n3-c2cccc3oc4ccccc4c23)cc1. The molecule has 0 aliphatic rings. The molecular weight excluding hydrogens is 629 g/mol. The molecule has 0 atom stereocenters. The molecule has 6 nitrogen and oxygen atoms in total. The molecule has 0 N–H and O–H groups in total. The van der Waals surface area contributed by atoms with E-state index in [9.17, 15) is 0 Å². The summed E-state index contributed by atoms with van der Waals surface area (Å²) in [7, 11) is 0. The summed E-state index contributed by atoms with van der Waals surface area (Å²) in [5, 5.41) is 5.42. The maximum absolute atomic E-state index is 6.39. The maximum atomic E-state index is 6.39. The Morgan fingerprint density at radius 2 is 1.00 bits per heavy atom. The molecule has 238 valence electrons. The minimum atomic E-state index is 0.835. The van der Waals surface area contributed by atoms with Crippen molar-refractivity contribution in [2.45, 2.75) is 0 Å². The van der Waals surface area contributed by atoms with Crippen LogP contribution in [0.25, 0.3) is 105 Å². The lowest BCUT2D eigenvalue weighted by Crippen LogP contribution is -1.98. The van der Waals surface area contributed by atoms with Gasteiger partial charge in [0, 0.05) is 16.2 Å². The molecule has 6 heteroatoms. The normalized spacial score (nSPS) is 12.3. The minimum Gasteiger partial charge on any atom is -0.456 e. The van der Waals surface area contributed by atoms with E-state index in [1.165, 1.54) is 5.56 Å². The van der Waals surface area contributed by atoms with Crippen LogP contribution >= 0.6 is 0 Å². The van der Waals surface area contributed by atoms with Crippen molar-refractivity contribution in [1.82, 2.24) is 18.5 Å². The van der Waals surface area contributed by atoms with Crippen molar-refractivity contribution in [3.05, 3.63) is 158 Å². The number of hydrogen-bond acceptors (Lipinski definition) is 3. The average molecular weight is 655 g/mol. The van der Waals surface area contributed by atoms with Gasteiger partial charge in [-0.3, -0.25) is 13.5 Å². The van der Waals surface area contributed by atoms with Crippen LogP contribution in [0.4, 0.5) is 0 Å². The molecule has 0 saturated heterocycles. The van der Waals surface area contributed by atoms with Crippen LogP contribution in [0.3, 0.4) is 0 Å². The van der Waals surface area contributed by atoms with Gasteiger partial charge in [-0.1, -0.05) is 103 Å². The van der Waals surface area contributed by atoms with Gasteiger partial charge in [0.2, 0.25) is 5.78 Å². The summed E-state index contributed by atoms with van der Waals surface area (Å²) < 4.78 is 19.7. The monoisotopic (exact) mass is 654 g/mol. The molecule has 0 unspecified atom stereocenters. The lowest BCUT2D eigenvalue weighted by atomic mass is 10.1. The van der Waals surface area contributed by atoms with E-state index < -0.39 is 0 Å². The number of aromatic nitrogens is 4. The van der Waals surface area contributed by atoms with E-state index in [-0.39, 0.29) is 0 Å². The number of nitrogens with zero attached hydrogens (tertiary/aromatic N) is 4. The Kier molecular flexibility index (Phi) is 5.14. The second-order valence-electron chi connectivity index (χ2n) is 13.2. The number of benzene rings is 7. The first kappa shape index (κ1) is 26.9.